The van der Waals surface area contributed by atoms with E-state index in [4.69, 9.17) is 9.47 Å². The van der Waals surface area contributed by atoms with Crippen LogP contribution >= 0.6 is 11.8 Å². The van der Waals surface area contributed by atoms with E-state index >= 15 is 0 Å². The molecular formula is C16H21NO4S. The van der Waals surface area contributed by atoms with Crippen molar-refractivity contribution in [3.63, 3.8) is 0 Å². The number of ether oxygens (including phenoxy) is 2. The summed E-state index contributed by atoms with van der Waals surface area (Å²) in [4.78, 5) is 25.0. The lowest BCUT2D eigenvalue weighted by Gasteiger charge is -2.20. The van der Waals surface area contributed by atoms with Gasteiger partial charge in [0, 0.05) is 11.5 Å². The van der Waals surface area contributed by atoms with Crippen LogP contribution in [0.15, 0.2) is 29.2 Å². The molecule has 1 N–H and O–H groups in total. The second kappa shape index (κ2) is 8.19. The Morgan fingerprint density at radius 2 is 2.14 bits per heavy atom. The van der Waals surface area contributed by atoms with E-state index < -0.39 is 12.1 Å². The minimum absolute atomic E-state index is 0.105. The maximum absolute atomic E-state index is 12.2. The standard InChI is InChI=1S/C16H21NO4S/c1-20-15(18)10-13(11-5-7-12(22-2)8-6-11)17-16(19)14-4-3-9-21-14/h5-8,13-14H,3-4,9-10H2,1-2H3,(H,17,19)/t13-,14+/m0/s1. The number of nitrogens with one attached hydrogen (secondary N) is 1. The molecule has 1 aromatic carbocycles. The van der Waals surface area contributed by atoms with E-state index in [-0.39, 0.29) is 18.3 Å². The highest BCUT2D eigenvalue weighted by atomic mass is 32.2. The molecule has 1 fully saturated rings. The molecule has 0 radical (unpaired) electrons. The molecule has 0 bridgehead atoms. The van der Waals surface area contributed by atoms with E-state index in [1.54, 1.807) is 11.8 Å². The number of hydrogen-bond acceptors (Lipinski definition) is 5. The van der Waals surface area contributed by atoms with Crippen LogP contribution in [0.1, 0.15) is 30.9 Å². The first kappa shape index (κ1) is 16.8. The fraction of sp³-hybridized carbons (Fsp3) is 0.500. The summed E-state index contributed by atoms with van der Waals surface area (Å²) < 4.78 is 10.1. The van der Waals surface area contributed by atoms with Gasteiger partial charge in [0.1, 0.15) is 6.10 Å². The van der Waals surface area contributed by atoms with Gasteiger partial charge < -0.3 is 14.8 Å². The van der Waals surface area contributed by atoms with Gasteiger partial charge in [-0.1, -0.05) is 12.1 Å². The van der Waals surface area contributed by atoms with Crippen LogP contribution in [0.4, 0.5) is 0 Å². The van der Waals surface area contributed by atoms with Gasteiger partial charge >= 0.3 is 5.97 Å². The third kappa shape index (κ3) is 4.48. The molecule has 1 heterocycles. The summed E-state index contributed by atoms with van der Waals surface area (Å²) in [5.41, 5.74) is 0.884. The Morgan fingerprint density at radius 1 is 1.41 bits per heavy atom. The molecule has 1 saturated heterocycles. The van der Waals surface area contributed by atoms with Gasteiger partial charge in [-0.05, 0) is 36.8 Å². The van der Waals surface area contributed by atoms with Gasteiger partial charge in [0.2, 0.25) is 5.91 Å². The van der Waals surface area contributed by atoms with Gasteiger partial charge in [-0.2, -0.15) is 0 Å². The zero-order chi connectivity index (χ0) is 15.9. The molecule has 0 aliphatic carbocycles. The SMILES string of the molecule is COC(=O)C[C@H](NC(=O)[C@H]1CCCO1)c1ccc(SC)cc1. The van der Waals surface area contributed by atoms with Crippen LogP contribution in [-0.4, -0.2) is 38.0 Å². The Bertz CT molecular complexity index is 511. The zero-order valence-electron chi connectivity index (χ0n) is 12.8. The number of thioether (sulfide) groups is 1. The van der Waals surface area contributed by atoms with Crippen LogP contribution in [0.5, 0.6) is 0 Å². The van der Waals surface area contributed by atoms with Crippen LogP contribution in [0, 0.1) is 0 Å². The number of carbonyl (C=O) groups excluding carboxylic acids is 2. The molecule has 0 spiro atoms. The molecular weight excluding hydrogens is 302 g/mol. The highest BCUT2D eigenvalue weighted by Crippen LogP contribution is 2.23. The van der Waals surface area contributed by atoms with Crippen molar-refractivity contribution >= 4 is 23.6 Å². The number of benzene rings is 1. The van der Waals surface area contributed by atoms with E-state index in [1.165, 1.54) is 7.11 Å². The highest BCUT2D eigenvalue weighted by molar-refractivity contribution is 7.98. The fourth-order valence-electron chi connectivity index (χ4n) is 2.39. The average molecular weight is 323 g/mol. The van der Waals surface area contributed by atoms with Crippen molar-refractivity contribution in [2.75, 3.05) is 20.0 Å². The number of rotatable bonds is 6. The van der Waals surface area contributed by atoms with Crippen molar-refractivity contribution in [3.05, 3.63) is 29.8 Å². The Hall–Kier alpha value is -1.53. The van der Waals surface area contributed by atoms with Crippen molar-refractivity contribution in [3.8, 4) is 0 Å². The third-order valence-electron chi connectivity index (χ3n) is 3.66. The monoisotopic (exact) mass is 323 g/mol. The fourth-order valence-corrected chi connectivity index (χ4v) is 2.80. The van der Waals surface area contributed by atoms with Crippen molar-refractivity contribution in [2.45, 2.75) is 36.3 Å². The molecule has 1 aliphatic rings. The summed E-state index contributed by atoms with van der Waals surface area (Å²) in [6.07, 6.45) is 3.31. The molecule has 0 aromatic heterocycles. The maximum Gasteiger partial charge on any atom is 0.307 e. The molecule has 120 valence electrons. The molecule has 1 aromatic rings. The lowest BCUT2D eigenvalue weighted by atomic mass is 10.0. The van der Waals surface area contributed by atoms with Crippen LogP contribution in [0.3, 0.4) is 0 Å². The summed E-state index contributed by atoms with van der Waals surface area (Å²) in [6.45, 7) is 0.613. The molecule has 2 rings (SSSR count). The predicted molar refractivity (Wildman–Crippen MR) is 84.7 cm³/mol. The van der Waals surface area contributed by atoms with Gasteiger partial charge in [0.05, 0.1) is 19.6 Å². The first-order valence-electron chi connectivity index (χ1n) is 7.26. The molecule has 6 heteroatoms. The van der Waals surface area contributed by atoms with Gasteiger partial charge in [-0.3, -0.25) is 9.59 Å². The maximum atomic E-state index is 12.2. The van der Waals surface area contributed by atoms with E-state index in [1.807, 2.05) is 30.5 Å². The summed E-state index contributed by atoms with van der Waals surface area (Å²) in [7, 11) is 1.35. The van der Waals surface area contributed by atoms with Crippen LogP contribution in [-0.2, 0) is 19.1 Å². The summed E-state index contributed by atoms with van der Waals surface area (Å²) in [5.74, 6) is -0.521. The molecule has 22 heavy (non-hydrogen) atoms. The lowest BCUT2D eigenvalue weighted by Crippen LogP contribution is -2.37. The zero-order valence-corrected chi connectivity index (χ0v) is 13.7. The Kier molecular flexibility index (Phi) is 6.27. The summed E-state index contributed by atoms with van der Waals surface area (Å²) >= 11 is 1.64. The smallest absolute Gasteiger partial charge is 0.307 e. The Labute approximate surface area is 134 Å². The third-order valence-corrected chi connectivity index (χ3v) is 4.40. The predicted octanol–water partition coefficient (Wildman–Crippen LogP) is 2.31. The van der Waals surface area contributed by atoms with Crippen molar-refractivity contribution in [1.29, 1.82) is 0 Å². The average Bonchev–Trinajstić information content (AvgIpc) is 3.08. The minimum Gasteiger partial charge on any atom is -0.469 e. The first-order chi connectivity index (χ1) is 10.6. The summed E-state index contributed by atoms with van der Waals surface area (Å²) in [5, 5.41) is 2.91. The normalized spacial score (nSPS) is 18.7. The number of amides is 1. The van der Waals surface area contributed by atoms with Gasteiger partial charge in [0.15, 0.2) is 0 Å². The van der Waals surface area contributed by atoms with E-state index in [9.17, 15) is 9.59 Å². The molecule has 1 amide bonds. The largest absolute Gasteiger partial charge is 0.469 e. The van der Waals surface area contributed by atoms with Crippen molar-refractivity contribution in [1.82, 2.24) is 5.32 Å². The summed E-state index contributed by atoms with van der Waals surface area (Å²) in [6, 6.07) is 7.40. The van der Waals surface area contributed by atoms with Crippen molar-refractivity contribution < 1.29 is 19.1 Å². The highest BCUT2D eigenvalue weighted by Gasteiger charge is 2.27. The minimum atomic E-state index is -0.411. The first-order valence-corrected chi connectivity index (χ1v) is 8.49. The second-order valence-corrected chi connectivity index (χ2v) is 6.00. The van der Waals surface area contributed by atoms with E-state index in [2.05, 4.69) is 5.32 Å². The number of hydrogen-bond donors (Lipinski definition) is 1. The molecule has 0 unspecified atom stereocenters. The number of methoxy groups -OCH3 is 1. The lowest BCUT2D eigenvalue weighted by molar-refractivity contribution is -0.141. The quantitative estimate of drug-likeness (QED) is 0.643. The van der Waals surface area contributed by atoms with E-state index in [0.29, 0.717) is 6.61 Å². The van der Waals surface area contributed by atoms with Crippen molar-refractivity contribution in [2.24, 2.45) is 0 Å². The second-order valence-electron chi connectivity index (χ2n) is 5.12. The van der Waals surface area contributed by atoms with Gasteiger partial charge in [0.25, 0.3) is 0 Å². The molecule has 2 atom stereocenters. The topological polar surface area (TPSA) is 64.6 Å². The molecule has 5 nitrogen and oxygen atoms in total. The van der Waals surface area contributed by atoms with E-state index in [0.717, 1.165) is 23.3 Å². The Morgan fingerprint density at radius 3 is 2.68 bits per heavy atom. The molecule has 1 aliphatic heterocycles. The Balaban J connectivity index is 2.10. The number of carbonyl (C=O) groups is 2. The van der Waals surface area contributed by atoms with Gasteiger partial charge in [-0.15, -0.1) is 11.8 Å². The van der Waals surface area contributed by atoms with Crippen LogP contribution < -0.4 is 5.32 Å². The van der Waals surface area contributed by atoms with Crippen LogP contribution in [0.25, 0.3) is 0 Å². The molecule has 0 saturated carbocycles. The van der Waals surface area contributed by atoms with Crippen LogP contribution in [0.2, 0.25) is 0 Å². The van der Waals surface area contributed by atoms with Gasteiger partial charge in [-0.25, -0.2) is 0 Å². The number of esters is 1.